The molecule has 112 valence electrons. The van der Waals surface area contributed by atoms with Gasteiger partial charge in [-0.3, -0.25) is 4.90 Å². The van der Waals surface area contributed by atoms with Crippen molar-refractivity contribution in [1.29, 1.82) is 0 Å². The first-order chi connectivity index (χ1) is 8.99. The Hall–Kier alpha value is -0.120. The largest absolute Gasteiger partial charge is 0.329 e. The Labute approximate surface area is 119 Å². The zero-order valence-corrected chi connectivity index (χ0v) is 13.4. The van der Waals surface area contributed by atoms with Gasteiger partial charge in [0, 0.05) is 24.7 Å². The standard InChI is InChI=1S/C16H33N3/c1-13-7-8-16(12-17,14(2)10-13)19-9-5-6-15(19)11-18(3)4/h13-15H,5-12,17H2,1-4H3. The molecule has 4 atom stereocenters. The second-order valence-corrected chi connectivity index (χ2v) is 7.34. The molecule has 2 rings (SSSR count). The van der Waals surface area contributed by atoms with Gasteiger partial charge in [0.2, 0.25) is 0 Å². The molecule has 3 heteroatoms. The van der Waals surface area contributed by atoms with Crippen molar-refractivity contribution in [1.82, 2.24) is 9.80 Å². The number of hydrogen-bond acceptors (Lipinski definition) is 3. The number of nitrogens with two attached hydrogens (primary N) is 1. The van der Waals surface area contributed by atoms with Gasteiger partial charge < -0.3 is 10.6 Å². The summed E-state index contributed by atoms with van der Waals surface area (Å²) in [7, 11) is 4.38. The third-order valence-electron chi connectivity index (χ3n) is 5.62. The minimum Gasteiger partial charge on any atom is -0.329 e. The highest BCUT2D eigenvalue weighted by molar-refractivity contribution is 5.03. The average molecular weight is 267 g/mol. The summed E-state index contributed by atoms with van der Waals surface area (Å²) in [6.07, 6.45) is 6.70. The molecule has 0 radical (unpaired) electrons. The molecule has 0 aromatic rings. The van der Waals surface area contributed by atoms with Crippen molar-refractivity contribution in [2.45, 2.75) is 57.5 Å². The van der Waals surface area contributed by atoms with Gasteiger partial charge in [-0.1, -0.05) is 13.8 Å². The first-order valence-electron chi connectivity index (χ1n) is 8.11. The fourth-order valence-electron chi connectivity index (χ4n) is 4.56. The van der Waals surface area contributed by atoms with Crippen LogP contribution in [0.1, 0.15) is 46.0 Å². The molecule has 2 N–H and O–H groups in total. The Kier molecular flexibility index (Phi) is 4.91. The lowest BCUT2D eigenvalue weighted by atomic mass is 9.68. The lowest BCUT2D eigenvalue weighted by molar-refractivity contribution is -0.0141. The minimum absolute atomic E-state index is 0.281. The predicted octanol–water partition coefficient (Wildman–Crippen LogP) is 2.17. The maximum absolute atomic E-state index is 6.29. The van der Waals surface area contributed by atoms with Gasteiger partial charge >= 0.3 is 0 Å². The maximum atomic E-state index is 6.29. The van der Waals surface area contributed by atoms with E-state index in [2.05, 4.69) is 37.7 Å². The zero-order chi connectivity index (χ0) is 14.0. The Morgan fingerprint density at radius 2 is 2.00 bits per heavy atom. The van der Waals surface area contributed by atoms with E-state index in [1.165, 1.54) is 45.2 Å². The SMILES string of the molecule is CC1CCC(CN)(N2CCCC2CN(C)C)C(C)C1. The van der Waals surface area contributed by atoms with E-state index in [0.29, 0.717) is 0 Å². The van der Waals surface area contributed by atoms with E-state index in [9.17, 15) is 0 Å². The lowest BCUT2D eigenvalue weighted by Crippen LogP contribution is -2.62. The first-order valence-corrected chi connectivity index (χ1v) is 8.11. The first kappa shape index (κ1) is 15.3. The highest BCUT2D eigenvalue weighted by Crippen LogP contribution is 2.43. The third-order valence-corrected chi connectivity index (χ3v) is 5.62. The molecule has 1 heterocycles. The van der Waals surface area contributed by atoms with Gasteiger partial charge in [0.25, 0.3) is 0 Å². The molecule has 1 saturated carbocycles. The number of rotatable bonds is 4. The van der Waals surface area contributed by atoms with Crippen LogP contribution >= 0.6 is 0 Å². The third kappa shape index (κ3) is 2.98. The van der Waals surface area contributed by atoms with Gasteiger partial charge in [-0.05, 0) is 64.6 Å². The topological polar surface area (TPSA) is 32.5 Å². The second-order valence-electron chi connectivity index (χ2n) is 7.34. The average Bonchev–Trinajstić information content (AvgIpc) is 2.78. The highest BCUT2D eigenvalue weighted by Gasteiger charge is 2.47. The van der Waals surface area contributed by atoms with Crippen LogP contribution in [0.3, 0.4) is 0 Å². The van der Waals surface area contributed by atoms with Gasteiger partial charge in [-0.25, -0.2) is 0 Å². The molecule has 2 aliphatic rings. The Morgan fingerprint density at radius 3 is 2.58 bits per heavy atom. The molecule has 3 nitrogen and oxygen atoms in total. The summed E-state index contributed by atoms with van der Waals surface area (Å²) in [6, 6.07) is 0.717. The van der Waals surface area contributed by atoms with Crippen LogP contribution in [0.25, 0.3) is 0 Å². The van der Waals surface area contributed by atoms with Gasteiger partial charge in [0.1, 0.15) is 0 Å². The van der Waals surface area contributed by atoms with Crippen molar-refractivity contribution in [3.63, 3.8) is 0 Å². The van der Waals surface area contributed by atoms with Gasteiger partial charge in [0.05, 0.1) is 0 Å². The van der Waals surface area contributed by atoms with E-state index < -0.39 is 0 Å². The summed E-state index contributed by atoms with van der Waals surface area (Å²) < 4.78 is 0. The summed E-state index contributed by atoms with van der Waals surface area (Å²) in [4.78, 5) is 5.13. The van der Waals surface area contributed by atoms with Crippen LogP contribution in [0.5, 0.6) is 0 Å². The molecule has 2 fully saturated rings. The van der Waals surface area contributed by atoms with E-state index >= 15 is 0 Å². The van der Waals surface area contributed by atoms with Crippen molar-refractivity contribution in [2.75, 3.05) is 33.7 Å². The van der Waals surface area contributed by atoms with Crippen LogP contribution in [0.15, 0.2) is 0 Å². The summed E-state index contributed by atoms with van der Waals surface area (Å²) >= 11 is 0. The molecule has 0 bridgehead atoms. The van der Waals surface area contributed by atoms with E-state index in [0.717, 1.165) is 24.4 Å². The highest BCUT2D eigenvalue weighted by atomic mass is 15.3. The molecule has 1 saturated heterocycles. The minimum atomic E-state index is 0.281. The molecule has 0 spiro atoms. The lowest BCUT2D eigenvalue weighted by Gasteiger charge is -2.52. The zero-order valence-electron chi connectivity index (χ0n) is 13.4. The molecule has 1 aliphatic heterocycles. The van der Waals surface area contributed by atoms with E-state index in [1.807, 2.05) is 0 Å². The van der Waals surface area contributed by atoms with E-state index in [1.54, 1.807) is 0 Å². The van der Waals surface area contributed by atoms with Crippen molar-refractivity contribution in [2.24, 2.45) is 17.6 Å². The second kappa shape index (κ2) is 6.11. The van der Waals surface area contributed by atoms with Crippen LogP contribution in [-0.2, 0) is 0 Å². The number of likely N-dealkylation sites (tertiary alicyclic amines) is 1. The van der Waals surface area contributed by atoms with E-state index in [-0.39, 0.29) is 5.54 Å². The number of nitrogens with zero attached hydrogens (tertiary/aromatic N) is 2. The Bertz CT molecular complexity index is 292. The Morgan fingerprint density at radius 1 is 1.26 bits per heavy atom. The normalized spacial score (nSPS) is 41.1. The van der Waals surface area contributed by atoms with Crippen molar-refractivity contribution in [3.05, 3.63) is 0 Å². The summed E-state index contributed by atoms with van der Waals surface area (Å²) in [5.41, 5.74) is 6.57. The van der Waals surface area contributed by atoms with Crippen LogP contribution in [0.4, 0.5) is 0 Å². The summed E-state index contributed by atoms with van der Waals surface area (Å²) in [5, 5.41) is 0. The van der Waals surface area contributed by atoms with Crippen LogP contribution in [-0.4, -0.2) is 55.1 Å². The Balaban J connectivity index is 2.15. The quantitative estimate of drug-likeness (QED) is 0.847. The summed E-state index contributed by atoms with van der Waals surface area (Å²) in [6.45, 7) is 8.12. The van der Waals surface area contributed by atoms with Crippen molar-refractivity contribution in [3.8, 4) is 0 Å². The van der Waals surface area contributed by atoms with Gasteiger partial charge in [0.15, 0.2) is 0 Å². The molecule has 1 aliphatic carbocycles. The summed E-state index contributed by atoms with van der Waals surface area (Å²) in [5.74, 6) is 1.62. The fourth-order valence-corrected chi connectivity index (χ4v) is 4.56. The van der Waals surface area contributed by atoms with Gasteiger partial charge in [-0.2, -0.15) is 0 Å². The molecule has 0 aromatic heterocycles. The molecule has 0 amide bonds. The molecule has 19 heavy (non-hydrogen) atoms. The molecule has 4 unspecified atom stereocenters. The maximum Gasteiger partial charge on any atom is 0.0360 e. The number of hydrogen-bond donors (Lipinski definition) is 1. The van der Waals surface area contributed by atoms with Crippen LogP contribution in [0.2, 0.25) is 0 Å². The molecule has 0 aromatic carbocycles. The monoisotopic (exact) mass is 267 g/mol. The smallest absolute Gasteiger partial charge is 0.0360 e. The van der Waals surface area contributed by atoms with Crippen LogP contribution < -0.4 is 5.73 Å². The van der Waals surface area contributed by atoms with Crippen LogP contribution in [0, 0.1) is 11.8 Å². The fraction of sp³-hybridized carbons (Fsp3) is 1.00. The predicted molar refractivity (Wildman–Crippen MR) is 82.2 cm³/mol. The van der Waals surface area contributed by atoms with Crippen molar-refractivity contribution < 1.29 is 0 Å². The van der Waals surface area contributed by atoms with E-state index in [4.69, 9.17) is 5.73 Å². The number of likely N-dealkylation sites (N-methyl/N-ethyl adjacent to an activating group) is 1. The van der Waals surface area contributed by atoms with Gasteiger partial charge in [-0.15, -0.1) is 0 Å². The molecular weight excluding hydrogens is 234 g/mol. The molecular formula is C16H33N3. The van der Waals surface area contributed by atoms with Crippen molar-refractivity contribution >= 4 is 0 Å².